The van der Waals surface area contributed by atoms with Gasteiger partial charge in [-0.15, -0.1) is 0 Å². The molecule has 39 heavy (non-hydrogen) atoms. The Morgan fingerprint density at radius 3 is 2.49 bits per heavy atom. The zero-order valence-corrected chi connectivity index (χ0v) is 21.7. The van der Waals surface area contributed by atoms with Gasteiger partial charge in [0.05, 0.1) is 24.4 Å². The van der Waals surface area contributed by atoms with E-state index in [0.717, 1.165) is 0 Å². The summed E-state index contributed by atoms with van der Waals surface area (Å²) in [7, 11) is 3.20. The van der Waals surface area contributed by atoms with E-state index >= 15 is 0 Å². The third kappa shape index (κ3) is 5.04. The van der Waals surface area contributed by atoms with E-state index in [1.54, 1.807) is 76.8 Å². The molecule has 0 aliphatic carbocycles. The highest BCUT2D eigenvalue weighted by molar-refractivity contribution is 6.03. The number of aromatic nitrogens is 4. The molecule has 0 bridgehead atoms. The molecule has 0 unspecified atom stereocenters. The Kier molecular flexibility index (Phi) is 6.76. The van der Waals surface area contributed by atoms with E-state index in [9.17, 15) is 14.0 Å². The molecule has 0 aliphatic rings. The van der Waals surface area contributed by atoms with Crippen LogP contribution in [-0.4, -0.2) is 32.8 Å². The number of aryl methyl sites for hydroxylation is 2. The Morgan fingerprint density at radius 2 is 1.77 bits per heavy atom. The summed E-state index contributed by atoms with van der Waals surface area (Å²) < 4.78 is 26.3. The fourth-order valence-electron chi connectivity index (χ4n) is 4.19. The Bertz CT molecular complexity index is 1780. The summed E-state index contributed by atoms with van der Waals surface area (Å²) >= 11 is 0. The lowest BCUT2D eigenvalue weighted by atomic mass is 9.98. The smallest absolute Gasteiger partial charge is 0.280 e. The molecule has 5 rings (SSSR count). The number of carbonyl (C=O) groups excluding carboxylic acids is 1. The maximum atomic E-state index is 13.7. The number of benzene rings is 2. The van der Waals surface area contributed by atoms with Crippen LogP contribution >= 0.6 is 0 Å². The molecule has 0 saturated carbocycles. The van der Waals surface area contributed by atoms with Gasteiger partial charge in [0.1, 0.15) is 22.8 Å². The van der Waals surface area contributed by atoms with E-state index in [2.05, 4.69) is 20.4 Å². The van der Waals surface area contributed by atoms with Crippen LogP contribution in [0.4, 0.5) is 10.1 Å². The Hall–Kier alpha value is -5.12. The van der Waals surface area contributed by atoms with Crippen LogP contribution in [-0.2, 0) is 7.05 Å². The standard InChI is InChI=1S/C29H24FN5O4/c1-16-13-18(30)5-10-22(16)25-17(2)35(3)34-27(28(25)36)29(37)33-19-6-8-20(9-7-19)39-24-11-12-31-23-14-21(38-4)15-32-26(23)24/h5-15H,1-4H3,(H,33,37). The third-order valence-corrected chi connectivity index (χ3v) is 6.30. The number of hydrogen-bond donors (Lipinski definition) is 1. The highest BCUT2D eigenvalue weighted by Gasteiger charge is 2.21. The molecule has 5 aromatic rings. The first-order valence-corrected chi connectivity index (χ1v) is 12.0. The minimum Gasteiger partial charge on any atom is -0.495 e. The van der Waals surface area contributed by atoms with E-state index in [0.29, 0.717) is 56.4 Å². The molecule has 0 radical (unpaired) electrons. The van der Waals surface area contributed by atoms with Gasteiger partial charge in [-0.25, -0.2) is 9.37 Å². The zero-order chi connectivity index (χ0) is 27.7. The average Bonchev–Trinajstić information content (AvgIpc) is 2.92. The molecule has 0 fully saturated rings. The van der Waals surface area contributed by atoms with Crippen molar-refractivity contribution >= 4 is 22.6 Å². The molecule has 0 spiro atoms. The normalized spacial score (nSPS) is 10.9. The molecule has 3 aromatic heterocycles. The predicted molar refractivity (Wildman–Crippen MR) is 145 cm³/mol. The molecule has 1 N–H and O–H groups in total. The van der Waals surface area contributed by atoms with Crippen molar-refractivity contribution in [1.29, 1.82) is 0 Å². The van der Waals surface area contributed by atoms with Gasteiger partial charge < -0.3 is 14.8 Å². The lowest BCUT2D eigenvalue weighted by Crippen LogP contribution is -2.28. The topological polar surface area (TPSA) is 108 Å². The second-order valence-electron chi connectivity index (χ2n) is 8.85. The molecular weight excluding hydrogens is 501 g/mol. The quantitative estimate of drug-likeness (QED) is 0.325. The van der Waals surface area contributed by atoms with E-state index in [4.69, 9.17) is 9.47 Å². The molecule has 196 valence electrons. The van der Waals surface area contributed by atoms with Gasteiger partial charge in [-0.05, 0) is 61.4 Å². The summed E-state index contributed by atoms with van der Waals surface area (Å²) in [5.41, 5.74) is 2.82. The Morgan fingerprint density at radius 1 is 1.00 bits per heavy atom. The van der Waals surface area contributed by atoms with Crippen molar-refractivity contribution in [3.05, 3.63) is 100.0 Å². The monoisotopic (exact) mass is 525 g/mol. The second-order valence-corrected chi connectivity index (χ2v) is 8.85. The number of amides is 1. The van der Waals surface area contributed by atoms with Crippen LogP contribution in [0.15, 0.2) is 71.8 Å². The zero-order valence-electron chi connectivity index (χ0n) is 21.7. The highest BCUT2D eigenvalue weighted by atomic mass is 19.1. The Labute approximate surface area is 222 Å². The van der Waals surface area contributed by atoms with Crippen LogP contribution in [0, 0.1) is 19.7 Å². The molecule has 0 aliphatic heterocycles. The number of methoxy groups -OCH3 is 1. The average molecular weight is 526 g/mol. The summed E-state index contributed by atoms with van der Waals surface area (Å²) in [6.45, 7) is 3.44. The maximum Gasteiger partial charge on any atom is 0.280 e. The first-order valence-electron chi connectivity index (χ1n) is 12.0. The van der Waals surface area contributed by atoms with Crippen molar-refractivity contribution < 1.29 is 18.7 Å². The first-order chi connectivity index (χ1) is 18.7. The minimum atomic E-state index is -0.663. The van der Waals surface area contributed by atoms with Gasteiger partial charge in [0.2, 0.25) is 5.43 Å². The summed E-state index contributed by atoms with van der Waals surface area (Å²) in [5, 5.41) is 6.90. The number of pyridine rings is 2. The SMILES string of the molecule is COc1cnc2c(Oc3ccc(NC(=O)c4nn(C)c(C)c(-c5ccc(F)cc5C)c4=O)cc3)ccnc2c1. The van der Waals surface area contributed by atoms with E-state index in [1.807, 2.05) is 0 Å². The van der Waals surface area contributed by atoms with Crippen LogP contribution in [0.5, 0.6) is 17.2 Å². The van der Waals surface area contributed by atoms with Gasteiger partial charge in [-0.3, -0.25) is 19.3 Å². The lowest BCUT2D eigenvalue weighted by molar-refractivity contribution is 0.101. The van der Waals surface area contributed by atoms with Crippen LogP contribution in [0.25, 0.3) is 22.2 Å². The summed E-state index contributed by atoms with van der Waals surface area (Å²) in [5.74, 6) is 0.541. The number of hydrogen-bond acceptors (Lipinski definition) is 7. The van der Waals surface area contributed by atoms with Crippen molar-refractivity contribution in [2.75, 3.05) is 12.4 Å². The van der Waals surface area contributed by atoms with Gasteiger partial charge >= 0.3 is 0 Å². The second kappa shape index (κ2) is 10.3. The molecule has 9 nitrogen and oxygen atoms in total. The summed E-state index contributed by atoms with van der Waals surface area (Å²) in [6, 6.07) is 14.3. The number of halogens is 1. The highest BCUT2D eigenvalue weighted by Crippen LogP contribution is 2.30. The number of ether oxygens (including phenoxy) is 2. The molecule has 10 heteroatoms. The minimum absolute atomic E-state index is 0.271. The maximum absolute atomic E-state index is 13.7. The van der Waals surface area contributed by atoms with E-state index < -0.39 is 17.2 Å². The van der Waals surface area contributed by atoms with Crippen molar-refractivity contribution in [3.8, 4) is 28.4 Å². The van der Waals surface area contributed by atoms with Gasteiger partial charge in [0.15, 0.2) is 11.4 Å². The predicted octanol–water partition coefficient (Wildman–Crippen LogP) is 5.20. The van der Waals surface area contributed by atoms with Crippen molar-refractivity contribution in [2.45, 2.75) is 13.8 Å². The summed E-state index contributed by atoms with van der Waals surface area (Å²) in [6.07, 6.45) is 3.20. The number of rotatable bonds is 6. The van der Waals surface area contributed by atoms with Crippen LogP contribution in [0.2, 0.25) is 0 Å². The third-order valence-electron chi connectivity index (χ3n) is 6.30. The van der Waals surface area contributed by atoms with E-state index in [1.165, 1.54) is 22.9 Å². The number of carbonyl (C=O) groups is 1. The first kappa shape index (κ1) is 25.5. The fourth-order valence-corrected chi connectivity index (χ4v) is 4.19. The molecule has 0 atom stereocenters. The largest absolute Gasteiger partial charge is 0.495 e. The van der Waals surface area contributed by atoms with Gasteiger partial charge in [0, 0.05) is 36.8 Å². The van der Waals surface area contributed by atoms with Crippen LogP contribution in [0.3, 0.4) is 0 Å². The lowest BCUT2D eigenvalue weighted by Gasteiger charge is -2.14. The van der Waals surface area contributed by atoms with Crippen LogP contribution in [0.1, 0.15) is 21.7 Å². The van der Waals surface area contributed by atoms with Gasteiger partial charge in [-0.1, -0.05) is 6.07 Å². The van der Waals surface area contributed by atoms with Crippen molar-refractivity contribution in [2.24, 2.45) is 7.05 Å². The summed E-state index contributed by atoms with van der Waals surface area (Å²) in [4.78, 5) is 35.1. The molecule has 0 saturated heterocycles. The molecule has 3 heterocycles. The van der Waals surface area contributed by atoms with Crippen molar-refractivity contribution in [1.82, 2.24) is 19.7 Å². The van der Waals surface area contributed by atoms with Gasteiger partial charge in [0.25, 0.3) is 5.91 Å². The van der Waals surface area contributed by atoms with Gasteiger partial charge in [-0.2, -0.15) is 5.10 Å². The number of anilines is 1. The van der Waals surface area contributed by atoms with Crippen LogP contribution < -0.4 is 20.2 Å². The fraction of sp³-hybridized carbons (Fsp3) is 0.138. The number of nitrogens with one attached hydrogen (secondary N) is 1. The molecule has 2 aromatic carbocycles. The van der Waals surface area contributed by atoms with Crippen molar-refractivity contribution in [3.63, 3.8) is 0 Å². The Balaban J connectivity index is 1.39. The van der Waals surface area contributed by atoms with E-state index in [-0.39, 0.29) is 5.69 Å². The molecule has 1 amide bonds. The molecular formula is C29H24FN5O4. The number of nitrogens with zero attached hydrogens (tertiary/aromatic N) is 4. The number of fused-ring (bicyclic) bond motifs is 1.